The van der Waals surface area contributed by atoms with Crippen molar-refractivity contribution < 1.29 is 4.79 Å². The van der Waals surface area contributed by atoms with Gasteiger partial charge in [-0.3, -0.25) is 9.78 Å². The smallest absolute Gasteiger partial charge is 0.224 e. The lowest BCUT2D eigenvalue weighted by molar-refractivity contribution is -0.116. The van der Waals surface area contributed by atoms with E-state index in [1.165, 1.54) is 12.4 Å². The Bertz CT molecular complexity index is 393. The van der Waals surface area contributed by atoms with Gasteiger partial charge in [0.15, 0.2) is 0 Å². The molecule has 0 aliphatic heterocycles. The van der Waals surface area contributed by atoms with Crippen LogP contribution >= 0.6 is 0 Å². The minimum absolute atomic E-state index is 0.0538. The molecule has 1 rings (SSSR count). The van der Waals surface area contributed by atoms with Crippen LogP contribution in [0.1, 0.15) is 25.8 Å². The maximum Gasteiger partial charge on any atom is 0.224 e. The molecule has 15 heavy (non-hydrogen) atoms. The van der Waals surface area contributed by atoms with E-state index in [1.54, 1.807) is 6.07 Å². The van der Waals surface area contributed by atoms with Gasteiger partial charge in [0, 0.05) is 12.6 Å². The molecule has 0 aliphatic carbocycles. The third-order valence-electron chi connectivity index (χ3n) is 1.74. The van der Waals surface area contributed by atoms with E-state index >= 15 is 0 Å². The third kappa shape index (κ3) is 3.77. The van der Waals surface area contributed by atoms with E-state index in [1.807, 2.05) is 19.9 Å². The molecule has 1 N–H and O–H groups in total. The lowest BCUT2D eigenvalue weighted by Gasteiger charge is -2.06. The summed E-state index contributed by atoms with van der Waals surface area (Å²) in [5.74, 6) is 0.263. The van der Waals surface area contributed by atoms with Crippen molar-refractivity contribution in [1.82, 2.24) is 4.98 Å². The first kappa shape index (κ1) is 11.2. The van der Waals surface area contributed by atoms with Gasteiger partial charge in [0.05, 0.1) is 17.4 Å². The first-order valence-corrected chi connectivity index (χ1v) is 4.77. The van der Waals surface area contributed by atoms with E-state index in [0.717, 1.165) is 0 Å². The number of nitriles is 1. The summed E-state index contributed by atoms with van der Waals surface area (Å²) in [6, 6.07) is 3.57. The molecule has 0 atom stereocenters. The SMILES string of the molecule is CC(C)CC(=O)Nc1cncc(C#N)c1. The minimum atomic E-state index is -0.0538. The van der Waals surface area contributed by atoms with E-state index < -0.39 is 0 Å². The van der Waals surface area contributed by atoms with Crippen molar-refractivity contribution in [3.63, 3.8) is 0 Å². The molecule has 0 unspecified atom stereocenters. The second-order valence-electron chi connectivity index (χ2n) is 3.72. The second kappa shape index (κ2) is 5.11. The van der Waals surface area contributed by atoms with Gasteiger partial charge in [0.25, 0.3) is 0 Å². The predicted octanol–water partition coefficient (Wildman–Crippen LogP) is 1.94. The average Bonchev–Trinajstić information content (AvgIpc) is 2.16. The van der Waals surface area contributed by atoms with Gasteiger partial charge in [-0.25, -0.2) is 0 Å². The number of pyridine rings is 1. The van der Waals surface area contributed by atoms with Crippen LogP contribution < -0.4 is 5.32 Å². The van der Waals surface area contributed by atoms with Crippen LogP contribution in [-0.2, 0) is 4.79 Å². The fourth-order valence-electron chi connectivity index (χ4n) is 1.15. The van der Waals surface area contributed by atoms with Gasteiger partial charge in [-0.2, -0.15) is 5.26 Å². The molecular formula is C11H13N3O. The molecule has 1 aromatic heterocycles. The molecule has 4 nitrogen and oxygen atoms in total. The van der Waals surface area contributed by atoms with E-state index in [4.69, 9.17) is 5.26 Å². The summed E-state index contributed by atoms with van der Waals surface area (Å²) in [5.41, 5.74) is 1.01. The number of anilines is 1. The molecule has 4 heteroatoms. The molecule has 0 aliphatic rings. The maximum absolute atomic E-state index is 11.4. The summed E-state index contributed by atoms with van der Waals surface area (Å²) in [7, 11) is 0. The van der Waals surface area contributed by atoms with Crippen molar-refractivity contribution in [2.45, 2.75) is 20.3 Å². The van der Waals surface area contributed by atoms with E-state index in [2.05, 4.69) is 10.3 Å². The number of nitrogens with zero attached hydrogens (tertiary/aromatic N) is 2. The average molecular weight is 203 g/mol. The molecule has 0 spiro atoms. The van der Waals surface area contributed by atoms with Gasteiger partial charge >= 0.3 is 0 Å². The predicted molar refractivity (Wildman–Crippen MR) is 57.0 cm³/mol. The highest BCUT2D eigenvalue weighted by Crippen LogP contribution is 2.09. The number of carbonyl (C=O) groups excluding carboxylic acids is 1. The maximum atomic E-state index is 11.4. The van der Waals surface area contributed by atoms with Crippen LogP contribution in [0.5, 0.6) is 0 Å². The van der Waals surface area contributed by atoms with Crippen LogP contribution in [0, 0.1) is 17.2 Å². The van der Waals surface area contributed by atoms with Crippen LogP contribution in [-0.4, -0.2) is 10.9 Å². The number of nitrogens with one attached hydrogen (secondary N) is 1. The number of amides is 1. The number of rotatable bonds is 3. The van der Waals surface area contributed by atoms with Crippen LogP contribution in [0.4, 0.5) is 5.69 Å². The summed E-state index contributed by atoms with van der Waals surface area (Å²) in [5, 5.41) is 11.3. The Kier molecular flexibility index (Phi) is 3.81. The highest BCUT2D eigenvalue weighted by molar-refractivity contribution is 5.90. The van der Waals surface area contributed by atoms with E-state index in [-0.39, 0.29) is 5.91 Å². The number of carbonyl (C=O) groups is 1. The third-order valence-corrected chi connectivity index (χ3v) is 1.74. The molecule has 0 aromatic carbocycles. The normalized spacial score (nSPS) is 9.73. The van der Waals surface area contributed by atoms with Gasteiger partial charge in [0.2, 0.25) is 5.91 Å². The molecule has 78 valence electrons. The molecule has 0 saturated heterocycles. The molecule has 0 bridgehead atoms. The van der Waals surface area contributed by atoms with Gasteiger partial charge in [-0.1, -0.05) is 13.8 Å². The Hall–Kier alpha value is -1.89. The van der Waals surface area contributed by atoms with Crippen LogP contribution in [0.15, 0.2) is 18.5 Å². The molecule has 1 aromatic rings. The lowest BCUT2D eigenvalue weighted by Crippen LogP contribution is -2.13. The van der Waals surface area contributed by atoms with E-state index in [0.29, 0.717) is 23.6 Å². The van der Waals surface area contributed by atoms with Gasteiger partial charge in [-0.05, 0) is 12.0 Å². The van der Waals surface area contributed by atoms with Crippen molar-refractivity contribution in [3.05, 3.63) is 24.0 Å². The summed E-state index contributed by atoms with van der Waals surface area (Å²) in [4.78, 5) is 15.3. The number of hydrogen-bond donors (Lipinski definition) is 1. The van der Waals surface area contributed by atoms with Crippen LogP contribution in [0.3, 0.4) is 0 Å². The lowest BCUT2D eigenvalue weighted by atomic mass is 10.1. The van der Waals surface area contributed by atoms with Crippen molar-refractivity contribution in [1.29, 1.82) is 5.26 Å². The minimum Gasteiger partial charge on any atom is -0.325 e. The van der Waals surface area contributed by atoms with Gasteiger partial charge in [0.1, 0.15) is 6.07 Å². The number of aromatic nitrogens is 1. The van der Waals surface area contributed by atoms with Gasteiger partial charge in [-0.15, -0.1) is 0 Å². The second-order valence-corrected chi connectivity index (χ2v) is 3.72. The molecule has 1 amide bonds. The largest absolute Gasteiger partial charge is 0.325 e. The zero-order valence-electron chi connectivity index (χ0n) is 8.82. The Labute approximate surface area is 88.9 Å². The summed E-state index contributed by atoms with van der Waals surface area (Å²) in [6.07, 6.45) is 3.45. The van der Waals surface area contributed by atoms with Crippen molar-refractivity contribution in [2.24, 2.45) is 5.92 Å². The van der Waals surface area contributed by atoms with Crippen LogP contribution in [0.2, 0.25) is 0 Å². The Morgan fingerprint density at radius 1 is 1.60 bits per heavy atom. The fourth-order valence-corrected chi connectivity index (χ4v) is 1.15. The summed E-state index contributed by atoms with van der Waals surface area (Å²) < 4.78 is 0. The monoisotopic (exact) mass is 203 g/mol. The van der Waals surface area contributed by atoms with Crippen molar-refractivity contribution in [3.8, 4) is 6.07 Å². The zero-order valence-corrected chi connectivity index (χ0v) is 8.82. The van der Waals surface area contributed by atoms with Crippen molar-refractivity contribution >= 4 is 11.6 Å². The molecule has 0 fully saturated rings. The molecular weight excluding hydrogens is 190 g/mol. The standard InChI is InChI=1S/C11H13N3O/c1-8(2)3-11(15)14-10-4-9(5-12)6-13-7-10/h4,6-8H,3H2,1-2H3,(H,14,15). The number of hydrogen-bond acceptors (Lipinski definition) is 3. The molecule has 0 radical (unpaired) electrons. The Morgan fingerprint density at radius 2 is 2.33 bits per heavy atom. The topological polar surface area (TPSA) is 65.8 Å². The molecule has 0 saturated carbocycles. The zero-order chi connectivity index (χ0) is 11.3. The quantitative estimate of drug-likeness (QED) is 0.816. The Morgan fingerprint density at radius 3 is 2.93 bits per heavy atom. The van der Waals surface area contributed by atoms with Crippen LogP contribution in [0.25, 0.3) is 0 Å². The van der Waals surface area contributed by atoms with Gasteiger partial charge < -0.3 is 5.32 Å². The van der Waals surface area contributed by atoms with E-state index in [9.17, 15) is 4.79 Å². The highest BCUT2D eigenvalue weighted by Gasteiger charge is 2.05. The first-order valence-electron chi connectivity index (χ1n) is 4.77. The molecule has 1 heterocycles. The first-order chi connectivity index (χ1) is 7.11. The fraction of sp³-hybridized carbons (Fsp3) is 0.364. The summed E-state index contributed by atoms with van der Waals surface area (Å²) >= 11 is 0. The Balaban J connectivity index is 2.65. The summed E-state index contributed by atoms with van der Waals surface area (Å²) in [6.45, 7) is 3.95. The highest BCUT2D eigenvalue weighted by atomic mass is 16.1. The van der Waals surface area contributed by atoms with Crippen molar-refractivity contribution in [2.75, 3.05) is 5.32 Å².